The highest BCUT2D eigenvalue weighted by atomic mass is 32.1. The van der Waals surface area contributed by atoms with E-state index in [0.717, 1.165) is 28.1 Å². The van der Waals surface area contributed by atoms with Crippen LogP contribution in [0.4, 0.5) is 13.2 Å². The number of amides is 3. The Bertz CT molecular complexity index is 1490. The van der Waals surface area contributed by atoms with Crippen molar-refractivity contribution in [2.24, 2.45) is 0 Å². The van der Waals surface area contributed by atoms with E-state index in [1.54, 1.807) is 42.5 Å². The molecule has 8 nitrogen and oxygen atoms in total. The molecule has 2 aliphatic heterocycles. The van der Waals surface area contributed by atoms with E-state index in [4.69, 9.17) is 5.11 Å². The van der Waals surface area contributed by atoms with Crippen molar-refractivity contribution < 1.29 is 37.5 Å². The normalized spacial score (nSPS) is 18.8. The molecule has 0 aliphatic carbocycles. The van der Waals surface area contributed by atoms with Gasteiger partial charge in [0, 0.05) is 29.0 Å². The number of aliphatic carboxylic acids is 1. The van der Waals surface area contributed by atoms with E-state index in [-0.39, 0.29) is 25.2 Å². The van der Waals surface area contributed by atoms with Gasteiger partial charge in [-0.25, -0.2) is 0 Å². The van der Waals surface area contributed by atoms with Gasteiger partial charge in [0.25, 0.3) is 0 Å². The SMILES string of the molecule is O=C(O)CNC(=O)[C@H](Cc1ccccc1)NC(=O)[C@@H]1Cc2cc(-c3cccc(C(F)(F)F)c3)sc2[C@H]2CCC(=O)N21. The molecule has 3 amide bonds. The average Bonchev–Trinajstić information content (AvgIpc) is 3.55. The van der Waals surface area contributed by atoms with Crippen LogP contribution in [0.3, 0.4) is 0 Å². The molecule has 1 fully saturated rings. The monoisotopic (exact) mass is 585 g/mol. The fourth-order valence-electron chi connectivity index (χ4n) is 5.36. The van der Waals surface area contributed by atoms with Gasteiger partial charge in [-0.2, -0.15) is 13.2 Å². The summed E-state index contributed by atoms with van der Waals surface area (Å²) in [5.74, 6) is -2.69. The maximum atomic E-state index is 13.6. The summed E-state index contributed by atoms with van der Waals surface area (Å²) >= 11 is 1.32. The Labute approximate surface area is 237 Å². The molecule has 0 bridgehead atoms. The average molecular weight is 586 g/mol. The summed E-state index contributed by atoms with van der Waals surface area (Å²) in [6.07, 6.45) is -3.57. The molecule has 3 aromatic rings. The predicted molar refractivity (Wildman–Crippen MR) is 144 cm³/mol. The van der Waals surface area contributed by atoms with Crippen molar-refractivity contribution in [2.75, 3.05) is 6.54 Å². The van der Waals surface area contributed by atoms with Gasteiger partial charge in [0.1, 0.15) is 18.6 Å². The number of benzene rings is 2. The van der Waals surface area contributed by atoms with Gasteiger partial charge >= 0.3 is 12.1 Å². The number of carboxylic acid groups (broad SMARTS) is 1. The minimum Gasteiger partial charge on any atom is -0.480 e. The molecule has 0 unspecified atom stereocenters. The number of halogens is 3. The molecule has 214 valence electrons. The molecule has 3 heterocycles. The van der Waals surface area contributed by atoms with Crippen LogP contribution in [0.25, 0.3) is 10.4 Å². The van der Waals surface area contributed by atoms with E-state index in [9.17, 15) is 32.3 Å². The van der Waals surface area contributed by atoms with E-state index in [1.165, 1.54) is 22.3 Å². The third kappa shape index (κ3) is 6.12. The Morgan fingerprint density at radius 1 is 1.07 bits per heavy atom. The number of alkyl halides is 3. The van der Waals surface area contributed by atoms with Crippen LogP contribution in [0.1, 0.15) is 40.5 Å². The molecule has 0 saturated carbocycles. The second-order valence-electron chi connectivity index (χ2n) is 10.0. The molecule has 2 aromatic carbocycles. The Morgan fingerprint density at radius 3 is 2.54 bits per heavy atom. The van der Waals surface area contributed by atoms with Gasteiger partial charge in [0.15, 0.2) is 0 Å². The van der Waals surface area contributed by atoms with Crippen molar-refractivity contribution in [1.82, 2.24) is 15.5 Å². The summed E-state index contributed by atoms with van der Waals surface area (Å²) in [6, 6.07) is 13.3. The van der Waals surface area contributed by atoms with Crippen LogP contribution in [0, 0.1) is 0 Å². The maximum absolute atomic E-state index is 13.6. The van der Waals surface area contributed by atoms with Crippen LogP contribution in [0.2, 0.25) is 0 Å². The lowest BCUT2D eigenvalue weighted by Crippen LogP contribution is -2.57. The van der Waals surface area contributed by atoms with Gasteiger partial charge in [-0.05, 0) is 41.3 Å². The van der Waals surface area contributed by atoms with E-state index in [0.29, 0.717) is 16.9 Å². The molecular weight excluding hydrogens is 559 g/mol. The molecule has 1 aromatic heterocycles. The lowest BCUT2D eigenvalue weighted by atomic mass is 9.94. The number of nitrogens with zero attached hydrogens (tertiary/aromatic N) is 1. The van der Waals surface area contributed by atoms with E-state index >= 15 is 0 Å². The third-order valence-electron chi connectivity index (χ3n) is 7.26. The number of thiophene rings is 1. The van der Waals surface area contributed by atoms with Crippen LogP contribution in [0.5, 0.6) is 0 Å². The van der Waals surface area contributed by atoms with Crippen LogP contribution in [-0.2, 0) is 38.2 Å². The highest BCUT2D eigenvalue weighted by Crippen LogP contribution is 2.47. The van der Waals surface area contributed by atoms with Gasteiger partial charge in [-0.3, -0.25) is 19.2 Å². The van der Waals surface area contributed by atoms with Crippen molar-refractivity contribution in [3.05, 3.63) is 82.2 Å². The highest BCUT2D eigenvalue weighted by Gasteiger charge is 2.46. The van der Waals surface area contributed by atoms with Crippen molar-refractivity contribution in [1.29, 1.82) is 0 Å². The van der Waals surface area contributed by atoms with Crippen LogP contribution < -0.4 is 10.6 Å². The van der Waals surface area contributed by atoms with Gasteiger partial charge in [0.05, 0.1) is 11.6 Å². The zero-order chi connectivity index (χ0) is 29.3. The first-order valence-electron chi connectivity index (χ1n) is 13.0. The molecule has 5 rings (SSSR count). The molecule has 3 atom stereocenters. The fourth-order valence-corrected chi connectivity index (χ4v) is 6.69. The van der Waals surface area contributed by atoms with E-state index in [2.05, 4.69) is 10.6 Å². The number of nitrogens with one attached hydrogen (secondary N) is 2. The summed E-state index contributed by atoms with van der Waals surface area (Å²) in [5, 5.41) is 14.0. The minimum atomic E-state index is -4.49. The number of carbonyl (C=O) groups excluding carboxylic acids is 3. The third-order valence-corrected chi connectivity index (χ3v) is 8.58. The van der Waals surface area contributed by atoms with Gasteiger partial charge < -0.3 is 20.6 Å². The Balaban J connectivity index is 1.41. The zero-order valence-electron chi connectivity index (χ0n) is 21.6. The molecule has 41 heavy (non-hydrogen) atoms. The molecule has 0 spiro atoms. The highest BCUT2D eigenvalue weighted by molar-refractivity contribution is 7.15. The van der Waals surface area contributed by atoms with Crippen molar-refractivity contribution in [3.63, 3.8) is 0 Å². The largest absolute Gasteiger partial charge is 0.480 e. The van der Waals surface area contributed by atoms with Gasteiger partial charge in [-0.1, -0.05) is 42.5 Å². The molecule has 2 aliphatic rings. The Hall–Kier alpha value is -4.19. The molecule has 3 N–H and O–H groups in total. The lowest BCUT2D eigenvalue weighted by molar-refractivity contribution is -0.141. The van der Waals surface area contributed by atoms with Gasteiger partial charge in [0.2, 0.25) is 17.7 Å². The maximum Gasteiger partial charge on any atom is 0.416 e. The Morgan fingerprint density at radius 2 is 1.83 bits per heavy atom. The van der Waals surface area contributed by atoms with Crippen LogP contribution in [0.15, 0.2) is 60.7 Å². The Kier molecular flexibility index (Phi) is 7.85. The van der Waals surface area contributed by atoms with E-state index < -0.39 is 54.2 Å². The van der Waals surface area contributed by atoms with Crippen molar-refractivity contribution in [3.8, 4) is 10.4 Å². The summed E-state index contributed by atoms with van der Waals surface area (Å²) in [5.41, 5.74) is 1.15. The number of hydrogen-bond donors (Lipinski definition) is 3. The zero-order valence-corrected chi connectivity index (χ0v) is 22.4. The first kappa shape index (κ1) is 28.3. The van der Waals surface area contributed by atoms with Crippen LogP contribution in [-0.4, -0.2) is 52.3 Å². The first-order valence-corrected chi connectivity index (χ1v) is 13.8. The summed E-state index contributed by atoms with van der Waals surface area (Å²) < 4.78 is 39.9. The smallest absolute Gasteiger partial charge is 0.416 e. The number of carboxylic acids is 1. The topological polar surface area (TPSA) is 116 Å². The number of carbonyl (C=O) groups is 4. The fraction of sp³-hybridized carbons (Fsp3) is 0.310. The standard InChI is InChI=1S/C29H26F3N3O5S/c30-29(31,32)19-8-4-7-17(12-19)23-14-18-13-22(35-21(26(18)41-23)9-10-24(35)36)28(40)34-20(27(39)33-15-25(37)38)11-16-5-2-1-3-6-16/h1-8,12,14,20-22H,9-11,13,15H2,(H,33,39)(H,34,40)(H,37,38)/t20-,21+,22-/m0/s1. The predicted octanol–water partition coefficient (Wildman–Crippen LogP) is 3.95. The molecule has 12 heteroatoms. The second kappa shape index (κ2) is 11.4. The second-order valence-corrected chi connectivity index (χ2v) is 11.1. The first-order chi connectivity index (χ1) is 19.5. The lowest BCUT2D eigenvalue weighted by Gasteiger charge is -2.37. The van der Waals surface area contributed by atoms with Crippen molar-refractivity contribution >= 4 is 35.0 Å². The minimum absolute atomic E-state index is 0.103. The quantitative estimate of drug-likeness (QED) is 0.370. The molecular formula is C29H26F3N3O5S. The summed E-state index contributed by atoms with van der Waals surface area (Å²) in [7, 11) is 0. The number of hydrogen-bond acceptors (Lipinski definition) is 5. The van der Waals surface area contributed by atoms with E-state index in [1.807, 2.05) is 0 Å². The summed E-state index contributed by atoms with van der Waals surface area (Å²) in [4.78, 5) is 53.4. The number of fused-ring (bicyclic) bond motifs is 3. The van der Waals surface area contributed by atoms with Crippen molar-refractivity contribution in [2.45, 2.75) is 50.0 Å². The summed E-state index contributed by atoms with van der Waals surface area (Å²) in [6.45, 7) is -0.618. The number of rotatable bonds is 8. The van der Waals surface area contributed by atoms with Gasteiger partial charge in [-0.15, -0.1) is 11.3 Å². The molecule has 0 radical (unpaired) electrons. The molecule has 1 saturated heterocycles. The van der Waals surface area contributed by atoms with Crippen LogP contribution >= 0.6 is 11.3 Å².